The molecule has 0 saturated heterocycles. The minimum atomic E-state index is -0.276. The number of furan rings is 1. The predicted molar refractivity (Wildman–Crippen MR) is 62.6 cm³/mol. The van der Waals surface area contributed by atoms with Crippen molar-refractivity contribution in [1.29, 1.82) is 0 Å². The number of aldehydes is 1. The van der Waals surface area contributed by atoms with Crippen LogP contribution in [0.1, 0.15) is 16.3 Å². The minimum Gasteiger partial charge on any atom is -0.456 e. The van der Waals surface area contributed by atoms with Gasteiger partial charge in [0.25, 0.3) is 0 Å². The summed E-state index contributed by atoms with van der Waals surface area (Å²) in [5.74, 6) is 0.689. The zero-order valence-electron chi connectivity index (χ0n) is 9.39. The second-order valence-electron chi connectivity index (χ2n) is 3.76. The quantitative estimate of drug-likeness (QED) is 0.761. The molecule has 0 N–H and O–H groups in total. The molecule has 1 aromatic carbocycles. The number of hydrogen-bond donors (Lipinski definition) is 0. The van der Waals surface area contributed by atoms with E-state index in [4.69, 9.17) is 4.42 Å². The zero-order valence-corrected chi connectivity index (χ0v) is 9.39. The predicted octanol–water partition coefficient (Wildman–Crippen LogP) is 2.87. The molecule has 0 aliphatic heterocycles. The minimum absolute atomic E-state index is 0.276. The Labute approximate surface area is 98.5 Å². The molecule has 0 saturated carbocycles. The van der Waals surface area contributed by atoms with Gasteiger partial charge in [-0.25, -0.2) is 4.39 Å². The molecule has 88 valence electrons. The van der Waals surface area contributed by atoms with E-state index in [1.165, 1.54) is 12.1 Å². The lowest BCUT2D eigenvalue weighted by molar-refractivity contribution is 0.109. The lowest BCUT2D eigenvalue weighted by atomic mass is 10.3. The fourth-order valence-corrected chi connectivity index (χ4v) is 1.58. The molecule has 0 fully saturated rings. The van der Waals surface area contributed by atoms with E-state index in [0.717, 1.165) is 5.69 Å². The third kappa shape index (κ3) is 2.72. The first kappa shape index (κ1) is 11.4. The Kier molecular flexibility index (Phi) is 3.23. The number of nitrogens with zero attached hydrogens (tertiary/aromatic N) is 1. The lowest BCUT2D eigenvalue weighted by Crippen LogP contribution is -2.15. The summed E-state index contributed by atoms with van der Waals surface area (Å²) in [6.45, 7) is 0.483. The highest BCUT2D eigenvalue weighted by Crippen LogP contribution is 2.17. The SMILES string of the molecule is CN(Cc1ccc(C=O)o1)c1cccc(F)c1. The highest BCUT2D eigenvalue weighted by Gasteiger charge is 2.06. The molecule has 17 heavy (non-hydrogen) atoms. The van der Waals surface area contributed by atoms with Crippen LogP contribution in [0.25, 0.3) is 0 Å². The van der Waals surface area contributed by atoms with E-state index in [1.54, 1.807) is 18.2 Å². The van der Waals surface area contributed by atoms with Crippen molar-refractivity contribution in [2.75, 3.05) is 11.9 Å². The smallest absolute Gasteiger partial charge is 0.185 e. The molecule has 0 radical (unpaired) electrons. The van der Waals surface area contributed by atoms with Crippen molar-refractivity contribution < 1.29 is 13.6 Å². The van der Waals surface area contributed by atoms with Gasteiger partial charge in [-0.05, 0) is 30.3 Å². The molecule has 0 amide bonds. The van der Waals surface area contributed by atoms with Gasteiger partial charge in [0.2, 0.25) is 0 Å². The number of hydrogen-bond acceptors (Lipinski definition) is 3. The van der Waals surface area contributed by atoms with Crippen LogP contribution in [0, 0.1) is 5.82 Å². The molecule has 2 rings (SSSR count). The van der Waals surface area contributed by atoms with Gasteiger partial charge in [0.05, 0.1) is 6.54 Å². The summed E-state index contributed by atoms with van der Waals surface area (Å²) in [4.78, 5) is 12.3. The van der Waals surface area contributed by atoms with Crippen molar-refractivity contribution in [2.24, 2.45) is 0 Å². The van der Waals surface area contributed by atoms with Gasteiger partial charge < -0.3 is 9.32 Å². The van der Waals surface area contributed by atoms with Gasteiger partial charge in [0, 0.05) is 12.7 Å². The van der Waals surface area contributed by atoms with Crippen LogP contribution in [0.2, 0.25) is 0 Å². The van der Waals surface area contributed by atoms with E-state index in [9.17, 15) is 9.18 Å². The van der Waals surface area contributed by atoms with E-state index in [2.05, 4.69) is 0 Å². The molecule has 0 bridgehead atoms. The molecule has 1 aromatic heterocycles. The van der Waals surface area contributed by atoms with Crippen molar-refractivity contribution in [1.82, 2.24) is 0 Å². The molecule has 3 nitrogen and oxygen atoms in total. The normalized spacial score (nSPS) is 10.2. The van der Waals surface area contributed by atoms with E-state index in [-0.39, 0.29) is 5.82 Å². The van der Waals surface area contributed by atoms with Crippen LogP contribution in [-0.4, -0.2) is 13.3 Å². The Balaban J connectivity index is 2.10. The van der Waals surface area contributed by atoms with Crippen molar-refractivity contribution in [3.63, 3.8) is 0 Å². The Morgan fingerprint density at radius 3 is 2.82 bits per heavy atom. The van der Waals surface area contributed by atoms with E-state index < -0.39 is 0 Å². The average Bonchev–Trinajstić information content (AvgIpc) is 2.77. The number of anilines is 1. The van der Waals surface area contributed by atoms with Crippen LogP contribution in [0.3, 0.4) is 0 Å². The number of benzene rings is 1. The first-order valence-corrected chi connectivity index (χ1v) is 5.19. The number of halogens is 1. The lowest BCUT2D eigenvalue weighted by Gasteiger charge is -2.17. The first-order valence-electron chi connectivity index (χ1n) is 5.19. The van der Waals surface area contributed by atoms with Crippen molar-refractivity contribution in [3.05, 3.63) is 53.7 Å². The maximum Gasteiger partial charge on any atom is 0.185 e. The van der Waals surface area contributed by atoms with Crippen molar-refractivity contribution in [2.45, 2.75) is 6.54 Å². The van der Waals surface area contributed by atoms with Gasteiger partial charge in [-0.15, -0.1) is 0 Å². The Morgan fingerprint density at radius 2 is 2.18 bits per heavy atom. The summed E-state index contributed by atoms with van der Waals surface area (Å²) in [5, 5.41) is 0. The van der Waals surface area contributed by atoms with Gasteiger partial charge in [-0.1, -0.05) is 6.07 Å². The molecule has 2 aromatic rings. The standard InChI is InChI=1S/C13H12FNO2/c1-15(11-4-2-3-10(14)7-11)8-12-5-6-13(9-16)17-12/h2-7,9H,8H2,1H3. The highest BCUT2D eigenvalue weighted by molar-refractivity contribution is 5.70. The summed E-state index contributed by atoms with van der Waals surface area (Å²) < 4.78 is 18.3. The largest absolute Gasteiger partial charge is 0.456 e. The molecule has 4 heteroatoms. The van der Waals surface area contributed by atoms with E-state index >= 15 is 0 Å². The molecule has 0 aliphatic rings. The van der Waals surface area contributed by atoms with Crippen LogP contribution in [0.5, 0.6) is 0 Å². The van der Waals surface area contributed by atoms with Gasteiger partial charge in [0.15, 0.2) is 12.0 Å². The van der Waals surface area contributed by atoms with Gasteiger partial charge in [-0.2, -0.15) is 0 Å². The number of rotatable bonds is 4. The maximum atomic E-state index is 13.0. The van der Waals surface area contributed by atoms with Crippen LogP contribution >= 0.6 is 0 Å². The highest BCUT2D eigenvalue weighted by atomic mass is 19.1. The third-order valence-electron chi connectivity index (χ3n) is 2.44. The summed E-state index contributed by atoms with van der Waals surface area (Å²) >= 11 is 0. The second-order valence-corrected chi connectivity index (χ2v) is 3.76. The zero-order chi connectivity index (χ0) is 12.3. The molecule has 0 atom stereocenters. The van der Waals surface area contributed by atoms with Crippen molar-refractivity contribution in [3.8, 4) is 0 Å². The topological polar surface area (TPSA) is 33.5 Å². The molecular weight excluding hydrogens is 221 g/mol. The van der Waals surface area contributed by atoms with Crippen molar-refractivity contribution >= 4 is 12.0 Å². The first-order chi connectivity index (χ1) is 8.19. The van der Waals surface area contributed by atoms with Crippen LogP contribution in [0.4, 0.5) is 10.1 Å². The fourth-order valence-electron chi connectivity index (χ4n) is 1.58. The second kappa shape index (κ2) is 4.82. The Bertz CT molecular complexity index is 522. The summed E-state index contributed by atoms with van der Waals surface area (Å²) in [7, 11) is 1.83. The maximum absolute atomic E-state index is 13.0. The Hall–Kier alpha value is -2.10. The van der Waals surface area contributed by atoms with E-state index in [0.29, 0.717) is 24.4 Å². The van der Waals surface area contributed by atoms with E-state index in [1.807, 2.05) is 18.0 Å². The average molecular weight is 233 g/mol. The number of carbonyl (C=O) groups is 1. The van der Waals surface area contributed by atoms with Crippen LogP contribution in [0.15, 0.2) is 40.8 Å². The van der Waals surface area contributed by atoms with Gasteiger partial charge in [0.1, 0.15) is 11.6 Å². The fraction of sp³-hybridized carbons (Fsp3) is 0.154. The Morgan fingerprint density at radius 1 is 1.35 bits per heavy atom. The monoisotopic (exact) mass is 233 g/mol. The van der Waals surface area contributed by atoms with Gasteiger partial charge >= 0.3 is 0 Å². The van der Waals surface area contributed by atoms with Crippen LogP contribution < -0.4 is 4.90 Å². The summed E-state index contributed by atoms with van der Waals surface area (Å²) in [5.41, 5.74) is 0.758. The third-order valence-corrected chi connectivity index (χ3v) is 2.44. The molecule has 0 aliphatic carbocycles. The van der Waals surface area contributed by atoms with Crippen LogP contribution in [-0.2, 0) is 6.54 Å². The molecular formula is C13H12FNO2. The summed E-state index contributed by atoms with van der Waals surface area (Å²) in [6.07, 6.45) is 0.658. The number of carbonyl (C=O) groups excluding carboxylic acids is 1. The van der Waals surface area contributed by atoms with Gasteiger partial charge in [-0.3, -0.25) is 4.79 Å². The molecule has 1 heterocycles. The molecule has 0 unspecified atom stereocenters. The molecule has 0 spiro atoms. The summed E-state index contributed by atoms with van der Waals surface area (Å²) in [6, 6.07) is 9.66.